The number of unbranched alkanes of at least 4 members (excludes halogenated alkanes) is 2. The smallest absolute Gasteiger partial charge is 0.321 e. The Kier molecular flexibility index (Phi) is 8.67. The summed E-state index contributed by atoms with van der Waals surface area (Å²) >= 11 is 0. The van der Waals surface area contributed by atoms with Crippen LogP contribution in [-0.2, 0) is 6.42 Å². The summed E-state index contributed by atoms with van der Waals surface area (Å²) in [4.78, 5) is 32.5. The summed E-state index contributed by atoms with van der Waals surface area (Å²) in [6.07, 6.45) is 7.14. The quantitative estimate of drug-likeness (QED) is 0.239. The number of aromatic amines is 1. The molecule has 0 aliphatic carbocycles. The number of imide groups is 1. The first-order chi connectivity index (χ1) is 19.5. The van der Waals surface area contributed by atoms with E-state index in [0.717, 1.165) is 86.8 Å². The first-order valence-electron chi connectivity index (χ1n) is 14.1. The molecule has 9 nitrogen and oxygen atoms in total. The van der Waals surface area contributed by atoms with E-state index in [2.05, 4.69) is 37.7 Å². The van der Waals surface area contributed by atoms with Gasteiger partial charge >= 0.3 is 6.03 Å². The summed E-state index contributed by atoms with van der Waals surface area (Å²) in [5, 5.41) is 16.2. The number of hydrogen-bond donors (Lipinski definition) is 3. The number of aryl methyl sites for hydroxylation is 1. The number of fused-ring (bicyclic) bond motifs is 2. The van der Waals surface area contributed by atoms with Gasteiger partial charge in [-0.25, -0.2) is 4.79 Å². The Morgan fingerprint density at radius 3 is 2.70 bits per heavy atom. The fraction of sp³-hybridized carbons (Fsp3) is 0.387. The highest BCUT2D eigenvalue weighted by molar-refractivity contribution is 6.04. The van der Waals surface area contributed by atoms with Gasteiger partial charge in [-0.15, -0.1) is 0 Å². The number of nitriles is 1. The summed E-state index contributed by atoms with van der Waals surface area (Å²) in [6, 6.07) is 15.2. The molecule has 1 fully saturated rings. The van der Waals surface area contributed by atoms with E-state index in [-0.39, 0.29) is 5.76 Å². The first kappa shape index (κ1) is 27.3. The van der Waals surface area contributed by atoms with Gasteiger partial charge in [-0.1, -0.05) is 13.3 Å². The van der Waals surface area contributed by atoms with Crippen LogP contribution >= 0.6 is 0 Å². The van der Waals surface area contributed by atoms with Crippen LogP contribution in [0.5, 0.6) is 0 Å². The molecule has 1 aliphatic heterocycles. The molecule has 3 amide bonds. The molecule has 3 N–H and O–H groups in total. The van der Waals surface area contributed by atoms with Crippen LogP contribution in [0.15, 0.2) is 53.1 Å². The lowest BCUT2D eigenvalue weighted by Crippen LogP contribution is -2.46. The lowest BCUT2D eigenvalue weighted by atomic mass is 10.1. The number of amides is 3. The van der Waals surface area contributed by atoms with Crippen molar-refractivity contribution in [3.63, 3.8) is 0 Å². The number of benzene rings is 2. The summed E-state index contributed by atoms with van der Waals surface area (Å²) in [7, 11) is 0. The molecule has 0 saturated carbocycles. The highest BCUT2D eigenvalue weighted by atomic mass is 16.3. The molecule has 9 heteroatoms. The van der Waals surface area contributed by atoms with Gasteiger partial charge in [-0.2, -0.15) is 5.26 Å². The van der Waals surface area contributed by atoms with Crippen LogP contribution < -0.4 is 15.5 Å². The van der Waals surface area contributed by atoms with Crippen LogP contribution in [0.25, 0.3) is 21.9 Å². The summed E-state index contributed by atoms with van der Waals surface area (Å²) in [6.45, 7) is 7.52. The van der Waals surface area contributed by atoms with Crippen LogP contribution in [0, 0.1) is 11.3 Å². The van der Waals surface area contributed by atoms with Crippen LogP contribution in [0.3, 0.4) is 0 Å². The Labute approximate surface area is 234 Å². The van der Waals surface area contributed by atoms with Gasteiger partial charge in [0.15, 0.2) is 5.76 Å². The van der Waals surface area contributed by atoms with E-state index in [9.17, 15) is 14.9 Å². The molecule has 3 heterocycles. The van der Waals surface area contributed by atoms with Crippen LogP contribution in [0.2, 0.25) is 0 Å². The minimum Gasteiger partial charge on any atom is -0.451 e. The van der Waals surface area contributed by atoms with Gasteiger partial charge in [-0.05, 0) is 80.3 Å². The number of piperazine rings is 1. The Morgan fingerprint density at radius 1 is 1.05 bits per heavy atom. The number of carbonyl (C=O) groups excluding carboxylic acids is 2. The second kappa shape index (κ2) is 12.7. The minimum atomic E-state index is -0.544. The zero-order chi connectivity index (χ0) is 27.9. The molecule has 208 valence electrons. The maximum absolute atomic E-state index is 12.4. The zero-order valence-corrected chi connectivity index (χ0v) is 23.0. The lowest BCUT2D eigenvalue weighted by Gasteiger charge is -2.36. The molecule has 4 aromatic rings. The Morgan fingerprint density at radius 2 is 1.90 bits per heavy atom. The van der Waals surface area contributed by atoms with E-state index in [1.54, 1.807) is 6.07 Å². The molecule has 40 heavy (non-hydrogen) atoms. The average Bonchev–Trinajstić information content (AvgIpc) is 3.59. The molecule has 0 unspecified atom stereocenters. The monoisotopic (exact) mass is 540 g/mol. The van der Waals surface area contributed by atoms with E-state index in [1.807, 2.05) is 43.3 Å². The van der Waals surface area contributed by atoms with Crippen molar-refractivity contribution in [2.24, 2.45) is 0 Å². The van der Waals surface area contributed by atoms with Gasteiger partial charge in [-0.3, -0.25) is 15.0 Å². The largest absolute Gasteiger partial charge is 0.451 e. The van der Waals surface area contributed by atoms with Crippen LogP contribution in [-0.4, -0.2) is 61.1 Å². The number of H-pyrrole nitrogens is 1. The fourth-order valence-electron chi connectivity index (χ4n) is 5.26. The Balaban J connectivity index is 1.08. The van der Waals surface area contributed by atoms with Gasteiger partial charge in [0.1, 0.15) is 5.58 Å². The summed E-state index contributed by atoms with van der Waals surface area (Å²) < 4.78 is 5.70. The van der Waals surface area contributed by atoms with Gasteiger partial charge in [0, 0.05) is 60.9 Å². The second-order valence-electron chi connectivity index (χ2n) is 10.4. The number of anilines is 1. The SMILES string of the molecule is CCCCNC(=O)NC(=O)c1cc2cc(N3CCN(CCCCc4c[nH]c5ccc(C#N)cc45)CC3)ccc2o1. The normalized spacial score (nSPS) is 13.9. The van der Waals surface area contributed by atoms with Gasteiger partial charge < -0.3 is 19.6 Å². The molecule has 2 aromatic heterocycles. The van der Waals surface area contributed by atoms with E-state index >= 15 is 0 Å². The van der Waals surface area contributed by atoms with Crippen molar-refractivity contribution in [2.75, 3.05) is 44.2 Å². The van der Waals surface area contributed by atoms with Gasteiger partial charge in [0.25, 0.3) is 5.91 Å². The third kappa shape index (κ3) is 6.46. The van der Waals surface area contributed by atoms with Crippen molar-refractivity contribution in [2.45, 2.75) is 39.0 Å². The maximum atomic E-state index is 12.4. The molecule has 0 atom stereocenters. The standard InChI is InChI=1S/C31H36N6O3/c1-2-3-11-33-31(39)35-30(38)29-19-24-18-25(8-10-28(24)40-29)37-15-13-36(14-16-37)12-5-4-6-23-21-34-27-9-7-22(20-32)17-26(23)27/h7-10,17-19,21,34H,2-6,11-16H2,1H3,(H2,33,35,38,39). The van der Waals surface area contributed by atoms with Crippen molar-refractivity contribution in [3.8, 4) is 6.07 Å². The van der Waals surface area contributed by atoms with Crippen molar-refractivity contribution < 1.29 is 14.0 Å². The van der Waals surface area contributed by atoms with Crippen LogP contribution in [0.1, 0.15) is 54.3 Å². The molecule has 0 spiro atoms. The minimum absolute atomic E-state index is 0.126. The fourth-order valence-corrected chi connectivity index (χ4v) is 5.26. The van der Waals surface area contributed by atoms with E-state index < -0.39 is 11.9 Å². The topological polar surface area (TPSA) is 117 Å². The lowest BCUT2D eigenvalue weighted by molar-refractivity contribution is 0.0939. The van der Waals surface area contributed by atoms with Crippen molar-refractivity contribution in [1.82, 2.24) is 20.5 Å². The predicted octanol–water partition coefficient (Wildman–Crippen LogP) is 5.17. The average molecular weight is 541 g/mol. The number of nitrogens with one attached hydrogen (secondary N) is 3. The van der Waals surface area contributed by atoms with Crippen LogP contribution in [0.4, 0.5) is 10.5 Å². The molecular formula is C31H36N6O3. The number of carbonyl (C=O) groups is 2. The number of aromatic nitrogens is 1. The van der Waals surface area contributed by atoms with Crippen molar-refractivity contribution >= 4 is 39.5 Å². The highest BCUT2D eigenvalue weighted by Gasteiger charge is 2.19. The number of nitrogens with zero attached hydrogens (tertiary/aromatic N) is 3. The Hall–Kier alpha value is -4.29. The molecule has 1 aliphatic rings. The molecule has 2 aromatic carbocycles. The second-order valence-corrected chi connectivity index (χ2v) is 10.4. The maximum Gasteiger partial charge on any atom is 0.321 e. The number of furan rings is 1. The van der Waals surface area contributed by atoms with E-state index in [4.69, 9.17) is 4.42 Å². The molecular weight excluding hydrogens is 504 g/mol. The summed E-state index contributed by atoms with van der Waals surface area (Å²) in [5.41, 5.74) is 4.79. The number of rotatable bonds is 10. The van der Waals surface area contributed by atoms with Gasteiger partial charge in [0.05, 0.1) is 11.6 Å². The number of urea groups is 1. The van der Waals surface area contributed by atoms with Crippen molar-refractivity contribution in [1.29, 1.82) is 5.26 Å². The zero-order valence-electron chi connectivity index (χ0n) is 23.0. The third-order valence-electron chi connectivity index (χ3n) is 7.57. The number of hydrogen-bond acceptors (Lipinski definition) is 6. The first-order valence-corrected chi connectivity index (χ1v) is 14.1. The van der Waals surface area contributed by atoms with E-state index in [1.165, 1.54) is 5.56 Å². The van der Waals surface area contributed by atoms with E-state index in [0.29, 0.717) is 17.7 Å². The molecule has 1 saturated heterocycles. The van der Waals surface area contributed by atoms with Crippen molar-refractivity contribution in [3.05, 3.63) is 65.5 Å². The molecule has 0 radical (unpaired) electrons. The third-order valence-corrected chi connectivity index (χ3v) is 7.57. The van der Waals surface area contributed by atoms with Gasteiger partial charge in [0.2, 0.25) is 0 Å². The molecule has 5 rings (SSSR count). The summed E-state index contributed by atoms with van der Waals surface area (Å²) in [5.74, 6) is -0.419. The Bertz CT molecular complexity index is 1520. The molecule has 0 bridgehead atoms. The predicted molar refractivity (Wildman–Crippen MR) is 157 cm³/mol. The highest BCUT2D eigenvalue weighted by Crippen LogP contribution is 2.26.